The highest BCUT2D eigenvalue weighted by Gasteiger charge is 2.50. The Hall–Kier alpha value is -1.03. The third kappa shape index (κ3) is 2.67. The van der Waals surface area contributed by atoms with Gasteiger partial charge in [0.05, 0.1) is 0 Å². The average Bonchev–Trinajstić information content (AvgIpc) is 2.50. The Bertz CT molecular complexity index is 744. The molecule has 0 spiro atoms. The molecule has 1 aliphatic carbocycles. The van der Waals surface area contributed by atoms with Crippen molar-refractivity contribution in [2.75, 3.05) is 13.6 Å². The lowest BCUT2D eigenvalue weighted by Crippen LogP contribution is -2.50. The molecule has 1 N–H and O–H groups in total. The van der Waals surface area contributed by atoms with E-state index in [0.717, 1.165) is 30.8 Å². The van der Waals surface area contributed by atoms with Crippen LogP contribution in [-0.4, -0.2) is 23.6 Å². The molecule has 4 rings (SSSR count). The minimum Gasteiger partial charge on any atom is -0.508 e. The van der Waals surface area contributed by atoms with Crippen molar-refractivity contribution in [2.24, 2.45) is 0 Å². The first-order valence-corrected chi connectivity index (χ1v) is 8.77. The van der Waals surface area contributed by atoms with Gasteiger partial charge in [-0.15, -0.1) is 17.0 Å². The van der Waals surface area contributed by atoms with Gasteiger partial charge in [-0.25, -0.2) is 0 Å². The van der Waals surface area contributed by atoms with E-state index in [1.165, 1.54) is 23.1 Å². The van der Waals surface area contributed by atoms with Gasteiger partial charge in [-0.1, -0.05) is 42.3 Å². The van der Waals surface area contributed by atoms with Crippen LogP contribution in [-0.2, 0) is 11.8 Å². The highest BCUT2D eigenvalue weighted by atomic mass is 79.9. The molecule has 1 unspecified atom stereocenters. The first-order valence-electron chi connectivity index (χ1n) is 8.39. The molecule has 1 fully saturated rings. The highest BCUT2D eigenvalue weighted by molar-refractivity contribution is 8.93. The molecule has 2 aromatic carbocycles. The van der Waals surface area contributed by atoms with Gasteiger partial charge in [0.1, 0.15) is 5.75 Å². The van der Waals surface area contributed by atoms with Crippen molar-refractivity contribution >= 4 is 28.6 Å². The third-order valence-corrected chi connectivity index (χ3v) is 6.11. The minimum atomic E-state index is 0. The summed E-state index contributed by atoms with van der Waals surface area (Å²) in [5.74, 6) is 0.359. The van der Waals surface area contributed by atoms with Gasteiger partial charge in [0.2, 0.25) is 0 Å². The molecule has 2 aliphatic rings. The molecule has 1 heterocycles. The van der Waals surface area contributed by atoms with Gasteiger partial charge in [-0.05, 0) is 61.2 Å². The topological polar surface area (TPSA) is 23.5 Å². The number of rotatable bonds is 2. The van der Waals surface area contributed by atoms with E-state index in [0.29, 0.717) is 5.75 Å². The number of nitrogens with zero attached hydrogens (tertiary/aromatic N) is 1. The molecule has 1 aliphatic heterocycles. The lowest BCUT2D eigenvalue weighted by atomic mass is 9.57. The number of halogens is 2. The number of phenols is 1. The van der Waals surface area contributed by atoms with E-state index in [9.17, 15) is 5.11 Å². The predicted molar refractivity (Wildman–Crippen MR) is 104 cm³/mol. The zero-order valence-corrected chi connectivity index (χ0v) is 16.3. The SMILES string of the molecule is Br.CN1CCc2ccc(O)cc2C1C1(c2ccccc2Cl)CCC1. The van der Waals surface area contributed by atoms with E-state index in [-0.39, 0.29) is 28.4 Å². The van der Waals surface area contributed by atoms with Crippen molar-refractivity contribution in [3.63, 3.8) is 0 Å². The fraction of sp³-hybridized carbons (Fsp3) is 0.400. The Morgan fingerprint density at radius 2 is 1.92 bits per heavy atom. The van der Waals surface area contributed by atoms with Crippen molar-refractivity contribution < 1.29 is 5.11 Å². The van der Waals surface area contributed by atoms with Crippen LogP contribution in [0.25, 0.3) is 0 Å². The second kappa shape index (κ2) is 6.70. The van der Waals surface area contributed by atoms with Crippen LogP contribution in [0.5, 0.6) is 5.75 Å². The zero-order chi connectivity index (χ0) is 16.0. The molecular weight excluding hydrogens is 386 g/mol. The van der Waals surface area contributed by atoms with Gasteiger partial charge >= 0.3 is 0 Å². The van der Waals surface area contributed by atoms with Crippen LogP contribution in [0.1, 0.15) is 42.0 Å². The fourth-order valence-corrected chi connectivity index (χ4v) is 4.88. The number of likely N-dealkylation sites (N-methyl/N-ethyl adjacent to an activating group) is 1. The average molecular weight is 409 g/mol. The number of phenolic OH excluding ortho intramolecular Hbond substituents is 1. The molecule has 1 atom stereocenters. The van der Waals surface area contributed by atoms with Crippen LogP contribution >= 0.6 is 28.6 Å². The van der Waals surface area contributed by atoms with E-state index >= 15 is 0 Å². The largest absolute Gasteiger partial charge is 0.508 e. The Labute approximate surface area is 159 Å². The minimum absolute atomic E-state index is 0. The van der Waals surface area contributed by atoms with Gasteiger partial charge in [-0.3, -0.25) is 4.90 Å². The molecule has 0 aromatic heterocycles. The van der Waals surface area contributed by atoms with Crippen molar-refractivity contribution in [1.29, 1.82) is 0 Å². The summed E-state index contributed by atoms with van der Waals surface area (Å²) in [6.45, 7) is 1.05. The van der Waals surface area contributed by atoms with Crippen LogP contribution in [0.4, 0.5) is 0 Å². The molecule has 0 saturated heterocycles. The summed E-state index contributed by atoms with van der Waals surface area (Å²) < 4.78 is 0. The summed E-state index contributed by atoms with van der Waals surface area (Å²) in [5, 5.41) is 10.9. The quantitative estimate of drug-likeness (QED) is 0.731. The summed E-state index contributed by atoms with van der Waals surface area (Å²) >= 11 is 6.58. The zero-order valence-electron chi connectivity index (χ0n) is 13.8. The fourth-order valence-electron chi connectivity index (χ4n) is 4.56. The maximum atomic E-state index is 10.0. The third-order valence-electron chi connectivity index (χ3n) is 5.78. The first kappa shape index (κ1) is 17.8. The molecular formula is C20H23BrClNO. The number of fused-ring (bicyclic) bond motifs is 1. The van der Waals surface area contributed by atoms with Crippen LogP contribution in [0.2, 0.25) is 5.02 Å². The van der Waals surface area contributed by atoms with Crippen molar-refractivity contribution in [1.82, 2.24) is 4.90 Å². The van der Waals surface area contributed by atoms with E-state index in [2.05, 4.69) is 30.1 Å². The van der Waals surface area contributed by atoms with Crippen molar-refractivity contribution in [3.05, 3.63) is 64.2 Å². The molecule has 2 nitrogen and oxygen atoms in total. The summed E-state index contributed by atoms with van der Waals surface area (Å²) in [6.07, 6.45) is 4.59. The molecule has 0 amide bonds. The molecule has 4 heteroatoms. The Morgan fingerprint density at radius 3 is 2.58 bits per heavy atom. The second-order valence-corrected chi connectivity index (χ2v) is 7.41. The summed E-state index contributed by atoms with van der Waals surface area (Å²) in [5.41, 5.74) is 3.97. The second-order valence-electron chi connectivity index (χ2n) is 7.01. The monoisotopic (exact) mass is 407 g/mol. The van der Waals surface area contributed by atoms with Crippen molar-refractivity contribution in [3.8, 4) is 5.75 Å². The maximum absolute atomic E-state index is 10.0. The van der Waals surface area contributed by atoms with E-state index in [1.807, 2.05) is 24.3 Å². The van der Waals surface area contributed by atoms with Gasteiger partial charge in [0, 0.05) is 23.0 Å². The molecule has 1 saturated carbocycles. The van der Waals surface area contributed by atoms with Crippen molar-refractivity contribution in [2.45, 2.75) is 37.1 Å². The van der Waals surface area contributed by atoms with Gasteiger partial charge in [0.25, 0.3) is 0 Å². The normalized spacial score (nSPS) is 22.2. The number of aromatic hydroxyl groups is 1. The standard InChI is InChI=1S/C20H22ClNO.BrH/c1-22-12-9-14-7-8-15(23)13-16(14)19(22)20(10-4-11-20)17-5-2-3-6-18(17)21;/h2-3,5-8,13,19,23H,4,9-12H2,1H3;1H. The summed E-state index contributed by atoms with van der Waals surface area (Å²) in [4.78, 5) is 2.45. The molecule has 24 heavy (non-hydrogen) atoms. The maximum Gasteiger partial charge on any atom is 0.115 e. The Kier molecular flexibility index (Phi) is 4.96. The van der Waals surface area contributed by atoms with E-state index < -0.39 is 0 Å². The van der Waals surface area contributed by atoms with Gasteiger partial charge in [0.15, 0.2) is 0 Å². The van der Waals surface area contributed by atoms with E-state index in [1.54, 1.807) is 0 Å². The predicted octanol–water partition coefficient (Wildman–Crippen LogP) is 5.27. The Morgan fingerprint density at radius 1 is 1.17 bits per heavy atom. The number of hydrogen-bond acceptors (Lipinski definition) is 2. The molecule has 2 aromatic rings. The number of benzene rings is 2. The molecule has 0 radical (unpaired) electrons. The molecule has 0 bridgehead atoms. The van der Waals surface area contributed by atoms with Crippen LogP contribution in [0.3, 0.4) is 0 Å². The highest BCUT2D eigenvalue weighted by Crippen LogP contribution is 2.57. The van der Waals surface area contributed by atoms with Gasteiger partial charge < -0.3 is 5.11 Å². The van der Waals surface area contributed by atoms with Crippen LogP contribution < -0.4 is 0 Å². The number of hydrogen-bond donors (Lipinski definition) is 1. The van der Waals surface area contributed by atoms with Gasteiger partial charge in [-0.2, -0.15) is 0 Å². The lowest BCUT2D eigenvalue weighted by molar-refractivity contribution is 0.0717. The Balaban J connectivity index is 0.00000169. The first-order chi connectivity index (χ1) is 11.1. The lowest BCUT2D eigenvalue weighted by Gasteiger charge is -2.53. The molecule has 128 valence electrons. The van der Waals surface area contributed by atoms with E-state index in [4.69, 9.17) is 11.6 Å². The van der Waals surface area contributed by atoms with Crippen LogP contribution in [0.15, 0.2) is 42.5 Å². The van der Waals surface area contributed by atoms with Crippen LogP contribution in [0, 0.1) is 0 Å². The smallest absolute Gasteiger partial charge is 0.115 e. The summed E-state index contributed by atoms with van der Waals surface area (Å²) in [7, 11) is 2.20. The summed E-state index contributed by atoms with van der Waals surface area (Å²) in [6, 6.07) is 14.4.